The lowest BCUT2D eigenvalue weighted by atomic mass is 10.2. The van der Waals surface area contributed by atoms with E-state index in [-0.39, 0.29) is 0 Å². The van der Waals surface area contributed by atoms with Crippen LogP contribution in [0.4, 0.5) is 26.3 Å². The number of hydrogen-bond acceptors (Lipinski definition) is 4. The van der Waals surface area contributed by atoms with E-state index >= 15 is 13.2 Å². The number of nitrogens with zero attached hydrogens (tertiary/aromatic N) is 2. The van der Waals surface area contributed by atoms with Crippen molar-refractivity contribution in [3.8, 4) is 0 Å². The Balaban J connectivity index is 2.02. The number of rotatable bonds is 13. The highest BCUT2D eigenvalue weighted by molar-refractivity contribution is 8.10. The maximum atomic E-state index is 15.1. The fourth-order valence-corrected chi connectivity index (χ4v) is 21.8. The molecule has 4 nitrogen and oxygen atoms in total. The zero-order chi connectivity index (χ0) is 40.2. The number of alkyl halides is 6. The molecule has 290 valence electrons. The van der Waals surface area contributed by atoms with Gasteiger partial charge in [-0.25, -0.2) is 8.42 Å². The minimum absolute atomic E-state index is 0.410. The molecule has 0 radical (unpaired) electrons. The molecule has 1 atom stereocenters. The highest BCUT2D eigenvalue weighted by Gasteiger charge is 2.76. The average molecular weight is 843 g/mol. The predicted molar refractivity (Wildman–Crippen MR) is 221 cm³/mol. The molecule has 0 fully saturated rings. The normalized spacial score (nSPS) is 14.1. The molecule has 0 N–H and O–H groups in total. The minimum Gasteiger partial charge on any atom is -0.202 e. The Morgan fingerprint density at radius 2 is 0.714 bits per heavy atom. The summed E-state index contributed by atoms with van der Waals surface area (Å²) >= 11 is -1.28. The zero-order valence-electron chi connectivity index (χ0n) is 30.2. The molecule has 0 heterocycles. The molecule has 0 amide bonds. The van der Waals surface area contributed by atoms with Crippen molar-refractivity contribution in [1.29, 1.82) is 0 Å². The largest absolute Gasteiger partial charge is 0.512 e. The van der Waals surface area contributed by atoms with Gasteiger partial charge in [0.15, 0.2) is 5.66 Å². The van der Waals surface area contributed by atoms with Gasteiger partial charge in [-0.3, -0.25) is 0 Å². The molecule has 1 unspecified atom stereocenters. The molecule has 0 saturated heterocycles. The van der Waals surface area contributed by atoms with Gasteiger partial charge in [-0.2, -0.15) is 26.3 Å². The summed E-state index contributed by atoms with van der Waals surface area (Å²) in [6.45, 7) is 2.65. The second-order valence-corrected chi connectivity index (χ2v) is 22.6. The zero-order valence-corrected chi connectivity index (χ0v) is 33.6. The number of halogens is 6. The van der Waals surface area contributed by atoms with Gasteiger partial charge in [0.1, 0.15) is 31.8 Å². The molecule has 6 rings (SSSR count). The Morgan fingerprint density at radius 1 is 0.482 bits per heavy atom. The Labute approximate surface area is 329 Å². The summed E-state index contributed by atoms with van der Waals surface area (Å²) in [7, 11) is -14.4. The van der Waals surface area contributed by atoms with Gasteiger partial charge in [0, 0.05) is 0 Å². The number of hydrogen-bond donors (Lipinski definition) is 0. The average Bonchev–Trinajstić information content (AvgIpc) is 3.21. The van der Waals surface area contributed by atoms with E-state index in [1.807, 2.05) is 72.8 Å². The first-order chi connectivity index (χ1) is 26.6. The second kappa shape index (κ2) is 16.5. The van der Waals surface area contributed by atoms with E-state index in [0.717, 1.165) is 0 Å². The third-order valence-corrected chi connectivity index (χ3v) is 22.4. The van der Waals surface area contributed by atoms with Crippen LogP contribution in [0.2, 0.25) is 0 Å². The van der Waals surface area contributed by atoms with Crippen LogP contribution in [0.5, 0.6) is 0 Å². The fourth-order valence-electron chi connectivity index (χ4n) is 7.20. The molecular formula is C42H38F6N2O2P2S2+2. The van der Waals surface area contributed by atoms with Crippen molar-refractivity contribution in [3.05, 3.63) is 182 Å². The van der Waals surface area contributed by atoms with Gasteiger partial charge in [0.2, 0.25) is 14.8 Å². The standard InChI is InChI=1S/C42H38F6N2O2P2S2/c1-3-40(2,50(55-41(43,44)45)56(51,52)42(46,47)48)49(53(34-22-10-4-11-23-34,35-24-12-5-13-25-35)36-26-14-6-15-27-36)54(37-28-16-7-17-29-37,38-30-18-8-19-31-38)39-32-20-9-21-33-39/h4-33H,3H2,1-2H3/q+2. The SMILES string of the molecule is CCC(C)(N([P+](c1ccccc1)(c1ccccc1)c1ccccc1)[P+](c1ccccc1)(c1ccccc1)c1ccccc1)N(SC(F)(F)F)S(=O)(=O)C(F)(F)F. The molecule has 0 spiro atoms. The van der Waals surface area contributed by atoms with Gasteiger partial charge in [0.25, 0.3) is 0 Å². The van der Waals surface area contributed by atoms with Crippen LogP contribution in [-0.2, 0) is 10.0 Å². The van der Waals surface area contributed by atoms with Crippen LogP contribution in [0, 0.1) is 0 Å². The van der Waals surface area contributed by atoms with Crippen LogP contribution in [0.3, 0.4) is 0 Å². The Hall–Kier alpha value is -4.02. The van der Waals surface area contributed by atoms with Gasteiger partial charge in [-0.05, 0) is 90.6 Å². The van der Waals surface area contributed by atoms with E-state index in [9.17, 15) is 21.6 Å². The van der Waals surface area contributed by atoms with E-state index in [0.29, 0.717) is 31.8 Å². The Kier molecular flexibility index (Phi) is 12.2. The van der Waals surface area contributed by atoms with Gasteiger partial charge in [-0.1, -0.05) is 116 Å². The first-order valence-electron chi connectivity index (χ1n) is 17.5. The summed E-state index contributed by atoms with van der Waals surface area (Å²) in [6.07, 6.45) is -0.506. The van der Waals surface area contributed by atoms with Crippen molar-refractivity contribution in [2.75, 3.05) is 0 Å². The van der Waals surface area contributed by atoms with Crippen LogP contribution in [-0.4, -0.2) is 33.2 Å². The topological polar surface area (TPSA) is 40.6 Å². The van der Waals surface area contributed by atoms with Crippen LogP contribution >= 0.6 is 26.8 Å². The lowest BCUT2D eigenvalue weighted by Gasteiger charge is -2.52. The summed E-state index contributed by atoms with van der Waals surface area (Å²) in [5.74, 6) is 0. The summed E-state index contributed by atoms with van der Waals surface area (Å²) in [4.78, 5) is 0. The summed E-state index contributed by atoms with van der Waals surface area (Å²) in [5, 5.41) is 3.53. The summed E-state index contributed by atoms with van der Waals surface area (Å²) in [6, 6.07) is 53.9. The second-order valence-electron chi connectivity index (χ2n) is 12.9. The molecular weight excluding hydrogens is 805 g/mol. The van der Waals surface area contributed by atoms with E-state index in [2.05, 4.69) is 0 Å². The lowest BCUT2D eigenvalue weighted by molar-refractivity contribution is -0.0526. The molecule has 0 saturated carbocycles. The molecule has 56 heavy (non-hydrogen) atoms. The predicted octanol–water partition coefficient (Wildman–Crippen LogP) is 9.55. The van der Waals surface area contributed by atoms with Crippen molar-refractivity contribution < 1.29 is 34.8 Å². The Morgan fingerprint density at radius 3 is 0.893 bits per heavy atom. The number of benzene rings is 6. The van der Waals surface area contributed by atoms with Gasteiger partial charge in [0.05, 0.1) is 11.9 Å². The minimum atomic E-state index is -6.73. The maximum Gasteiger partial charge on any atom is 0.512 e. The Bertz CT molecular complexity index is 1970. The fraction of sp³-hybridized carbons (Fsp3) is 0.143. The van der Waals surface area contributed by atoms with Gasteiger partial charge >= 0.3 is 21.0 Å². The highest BCUT2D eigenvalue weighted by atomic mass is 32.3. The molecule has 6 aromatic rings. The third kappa shape index (κ3) is 7.44. The van der Waals surface area contributed by atoms with E-state index in [1.54, 1.807) is 114 Å². The van der Waals surface area contributed by atoms with Crippen LogP contribution < -0.4 is 31.8 Å². The first kappa shape index (κ1) is 41.6. The summed E-state index contributed by atoms with van der Waals surface area (Å²) < 4.78 is 120. The monoisotopic (exact) mass is 842 g/mol. The quantitative estimate of drug-likeness (QED) is 0.0503. The third-order valence-electron chi connectivity index (χ3n) is 9.54. The van der Waals surface area contributed by atoms with Crippen molar-refractivity contribution >= 4 is 68.6 Å². The molecule has 0 aliphatic carbocycles. The van der Waals surface area contributed by atoms with Gasteiger partial charge < -0.3 is 0 Å². The van der Waals surface area contributed by atoms with E-state index in [4.69, 9.17) is 0 Å². The molecule has 14 heteroatoms. The maximum absolute atomic E-state index is 15.1. The van der Waals surface area contributed by atoms with Crippen LogP contribution in [0.25, 0.3) is 0 Å². The molecule has 0 aliphatic rings. The molecule has 0 aliphatic heterocycles. The van der Waals surface area contributed by atoms with Crippen molar-refractivity contribution in [1.82, 2.24) is 8.15 Å². The van der Waals surface area contributed by atoms with E-state index < -0.39 is 63.6 Å². The van der Waals surface area contributed by atoms with Crippen molar-refractivity contribution in [2.24, 2.45) is 0 Å². The van der Waals surface area contributed by atoms with Crippen molar-refractivity contribution in [2.45, 2.75) is 36.9 Å². The molecule has 0 bridgehead atoms. The summed E-state index contributed by atoms with van der Waals surface area (Å²) in [5.41, 5.74) is -14.1. The smallest absolute Gasteiger partial charge is 0.202 e. The van der Waals surface area contributed by atoms with Crippen LogP contribution in [0.1, 0.15) is 20.3 Å². The molecule has 0 aromatic heterocycles. The van der Waals surface area contributed by atoms with E-state index in [1.165, 1.54) is 13.8 Å². The molecule has 6 aromatic carbocycles. The lowest BCUT2D eigenvalue weighted by Crippen LogP contribution is -2.65. The first-order valence-corrected chi connectivity index (χ1v) is 23.2. The van der Waals surface area contributed by atoms with Gasteiger partial charge in [-0.15, -0.1) is 3.71 Å². The van der Waals surface area contributed by atoms with Crippen molar-refractivity contribution in [3.63, 3.8) is 0 Å². The number of sulfonamides is 1. The highest BCUT2D eigenvalue weighted by Crippen LogP contribution is 2.79. The van der Waals surface area contributed by atoms with Crippen LogP contribution in [0.15, 0.2) is 182 Å².